The van der Waals surface area contributed by atoms with Crippen LogP contribution in [0.15, 0.2) is 42.7 Å². The number of nitrogens with two attached hydrogens (primary N) is 1. The molecular formula is C23H21F5N6O2. The van der Waals surface area contributed by atoms with E-state index in [1.807, 2.05) is 12.3 Å². The SMILES string of the molecule is Nc1nc2c(F)cccc2c2nc(CC3CCN(c4ccc(F)cn4)CC3)cn12.O=C(O)C(F)(F)F. The standard InChI is InChI=1S/C21H20F2N6.C2HF3O2/c22-14-4-5-18(25-11-14)28-8-6-13(7-9-28)10-15-12-29-20(26-15)16-2-1-3-17(23)19(16)27-21(29)24;3-2(4,5)1(6)7/h1-5,11-13H,6-10H2,(H2,24,27);(H,6,7). The summed E-state index contributed by atoms with van der Waals surface area (Å²) in [6, 6.07) is 8.00. The first-order valence-corrected chi connectivity index (χ1v) is 10.9. The summed E-state index contributed by atoms with van der Waals surface area (Å²) in [5.74, 6) is -1.96. The molecule has 8 nitrogen and oxygen atoms in total. The van der Waals surface area contributed by atoms with Gasteiger partial charge in [0.15, 0.2) is 0 Å². The number of pyridine rings is 1. The average Bonchev–Trinajstić information content (AvgIpc) is 3.26. The number of nitrogen functional groups attached to an aromatic ring is 1. The number of para-hydroxylation sites is 1. The van der Waals surface area contributed by atoms with Crippen LogP contribution in [0.2, 0.25) is 0 Å². The summed E-state index contributed by atoms with van der Waals surface area (Å²) in [4.78, 5) is 24.2. The van der Waals surface area contributed by atoms with E-state index in [1.54, 1.807) is 16.5 Å². The molecule has 0 radical (unpaired) electrons. The molecule has 1 aliphatic heterocycles. The first-order chi connectivity index (χ1) is 17.0. The van der Waals surface area contributed by atoms with Gasteiger partial charge < -0.3 is 15.7 Å². The van der Waals surface area contributed by atoms with Crippen molar-refractivity contribution < 1.29 is 31.9 Å². The van der Waals surface area contributed by atoms with Crippen LogP contribution in [0.25, 0.3) is 16.6 Å². The van der Waals surface area contributed by atoms with Crippen molar-refractivity contribution in [3.8, 4) is 0 Å². The summed E-state index contributed by atoms with van der Waals surface area (Å²) < 4.78 is 60.6. The lowest BCUT2D eigenvalue weighted by Crippen LogP contribution is -2.34. The summed E-state index contributed by atoms with van der Waals surface area (Å²) in [6.45, 7) is 1.74. The number of rotatable bonds is 3. The average molecular weight is 508 g/mol. The van der Waals surface area contributed by atoms with Crippen molar-refractivity contribution in [2.75, 3.05) is 23.7 Å². The van der Waals surface area contributed by atoms with Crippen molar-refractivity contribution >= 4 is 34.3 Å². The Bertz CT molecular complexity index is 1380. The van der Waals surface area contributed by atoms with Crippen molar-refractivity contribution in [3.63, 3.8) is 0 Å². The van der Waals surface area contributed by atoms with Gasteiger partial charge in [0.2, 0.25) is 5.95 Å². The Balaban J connectivity index is 0.000000384. The van der Waals surface area contributed by atoms with Gasteiger partial charge >= 0.3 is 12.1 Å². The molecule has 4 aromatic rings. The van der Waals surface area contributed by atoms with Crippen molar-refractivity contribution in [2.24, 2.45) is 5.92 Å². The van der Waals surface area contributed by atoms with Crippen LogP contribution in [0.3, 0.4) is 0 Å². The van der Waals surface area contributed by atoms with Crippen LogP contribution < -0.4 is 10.6 Å². The van der Waals surface area contributed by atoms with Crippen LogP contribution in [0.1, 0.15) is 18.5 Å². The van der Waals surface area contributed by atoms with Gasteiger partial charge in [0.05, 0.1) is 11.9 Å². The van der Waals surface area contributed by atoms with Gasteiger partial charge in [-0.25, -0.2) is 28.5 Å². The number of carboxylic acids is 1. The molecule has 1 saturated heterocycles. The third-order valence-electron chi connectivity index (χ3n) is 5.85. The van der Waals surface area contributed by atoms with Crippen LogP contribution in [0.4, 0.5) is 33.7 Å². The van der Waals surface area contributed by atoms with E-state index in [1.165, 1.54) is 18.3 Å². The molecule has 1 aliphatic rings. The zero-order valence-electron chi connectivity index (χ0n) is 18.7. The quantitative estimate of drug-likeness (QED) is 0.399. The number of piperidine rings is 1. The lowest BCUT2D eigenvalue weighted by Gasteiger charge is -2.32. The lowest BCUT2D eigenvalue weighted by atomic mass is 9.92. The van der Waals surface area contributed by atoms with Crippen LogP contribution in [-0.4, -0.2) is 49.7 Å². The van der Waals surface area contributed by atoms with Gasteiger partial charge in [-0.2, -0.15) is 13.2 Å². The highest BCUT2D eigenvalue weighted by atomic mass is 19.4. The van der Waals surface area contributed by atoms with Gasteiger partial charge in [-0.3, -0.25) is 4.40 Å². The number of carbonyl (C=O) groups is 1. The molecule has 0 saturated carbocycles. The van der Waals surface area contributed by atoms with Gasteiger partial charge in [-0.15, -0.1) is 0 Å². The van der Waals surface area contributed by atoms with E-state index >= 15 is 0 Å². The smallest absolute Gasteiger partial charge is 0.475 e. The number of hydrogen-bond donors (Lipinski definition) is 2. The van der Waals surface area contributed by atoms with Crippen molar-refractivity contribution in [1.29, 1.82) is 0 Å². The van der Waals surface area contributed by atoms with Gasteiger partial charge in [0, 0.05) is 24.7 Å². The molecule has 1 aromatic carbocycles. The maximum Gasteiger partial charge on any atom is 0.490 e. The minimum absolute atomic E-state index is 0.230. The number of nitrogens with zero attached hydrogens (tertiary/aromatic N) is 5. The molecule has 3 aromatic heterocycles. The monoisotopic (exact) mass is 508 g/mol. The Kier molecular flexibility index (Phi) is 6.91. The Labute approximate surface area is 201 Å². The zero-order chi connectivity index (χ0) is 26.0. The molecule has 3 N–H and O–H groups in total. The largest absolute Gasteiger partial charge is 0.490 e. The summed E-state index contributed by atoms with van der Waals surface area (Å²) >= 11 is 0. The maximum absolute atomic E-state index is 14.1. The van der Waals surface area contributed by atoms with Gasteiger partial charge in [-0.05, 0) is 49.4 Å². The van der Waals surface area contributed by atoms with E-state index in [0.29, 0.717) is 17.0 Å². The molecular weight excluding hydrogens is 487 g/mol. The molecule has 0 unspecified atom stereocenters. The molecule has 13 heteroatoms. The Morgan fingerprint density at radius 1 is 1.11 bits per heavy atom. The fraction of sp³-hybridized carbons (Fsp3) is 0.304. The van der Waals surface area contributed by atoms with Gasteiger partial charge in [0.25, 0.3) is 0 Å². The molecule has 0 bridgehead atoms. The third-order valence-corrected chi connectivity index (χ3v) is 5.85. The van der Waals surface area contributed by atoms with Crippen LogP contribution >= 0.6 is 0 Å². The number of fused-ring (bicyclic) bond motifs is 3. The highest BCUT2D eigenvalue weighted by Gasteiger charge is 2.38. The van der Waals surface area contributed by atoms with E-state index in [4.69, 9.17) is 20.6 Å². The second-order valence-corrected chi connectivity index (χ2v) is 8.30. The summed E-state index contributed by atoms with van der Waals surface area (Å²) in [6.07, 6.45) is 0.883. The van der Waals surface area contributed by atoms with Gasteiger partial charge in [-0.1, -0.05) is 6.07 Å². The minimum Gasteiger partial charge on any atom is -0.475 e. The maximum atomic E-state index is 14.1. The van der Waals surface area contributed by atoms with Crippen molar-refractivity contribution in [1.82, 2.24) is 19.4 Å². The van der Waals surface area contributed by atoms with Crippen molar-refractivity contribution in [3.05, 3.63) is 60.1 Å². The number of aliphatic carboxylic acids is 1. The topological polar surface area (TPSA) is 110 Å². The van der Waals surface area contributed by atoms with E-state index in [0.717, 1.165) is 43.9 Å². The predicted octanol–water partition coefficient (Wildman–Crippen LogP) is 4.23. The fourth-order valence-corrected chi connectivity index (χ4v) is 4.09. The number of alkyl halides is 3. The highest BCUT2D eigenvalue weighted by molar-refractivity contribution is 5.92. The molecule has 0 spiro atoms. The minimum atomic E-state index is -5.08. The number of anilines is 2. The Morgan fingerprint density at radius 3 is 2.42 bits per heavy atom. The van der Waals surface area contributed by atoms with E-state index in [2.05, 4.69) is 14.9 Å². The number of hydrogen-bond acceptors (Lipinski definition) is 6. The second-order valence-electron chi connectivity index (χ2n) is 8.30. The van der Waals surface area contributed by atoms with E-state index < -0.39 is 18.0 Å². The van der Waals surface area contributed by atoms with Crippen molar-refractivity contribution in [2.45, 2.75) is 25.4 Å². The first-order valence-electron chi connectivity index (χ1n) is 10.9. The van der Waals surface area contributed by atoms with Gasteiger partial charge in [0.1, 0.15) is 28.6 Å². The molecule has 190 valence electrons. The summed E-state index contributed by atoms with van der Waals surface area (Å²) in [7, 11) is 0. The fourth-order valence-electron chi connectivity index (χ4n) is 4.09. The number of imidazole rings is 1. The number of aromatic nitrogens is 4. The summed E-state index contributed by atoms with van der Waals surface area (Å²) in [5, 5.41) is 7.78. The molecule has 5 rings (SSSR count). The van der Waals surface area contributed by atoms with Crippen LogP contribution in [-0.2, 0) is 11.2 Å². The highest BCUT2D eigenvalue weighted by Crippen LogP contribution is 2.27. The molecule has 0 atom stereocenters. The number of benzene rings is 1. The Hall–Kier alpha value is -4.03. The van der Waals surface area contributed by atoms with Crippen LogP contribution in [0.5, 0.6) is 0 Å². The predicted molar refractivity (Wildman–Crippen MR) is 121 cm³/mol. The molecule has 1 fully saturated rings. The molecule has 0 amide bonds. The lowest BCUT2D eigenvalue weighted by molar-refractivity contribution is -0.192. The Morgan fingerprint density at radius 2 is 1.81 bits per heavy atom. The third kappa shape index (κ3) is 5.44. The number of halogens is 5. The van der Waals surface area contributed by atoms with E-state index in [9.17, 15) is 22.0 Å². The second kappa shape index (κ2) is 9.91. The number of carboxylic acid groups (broad SMARTS) is 1. The molecule has 0 aliphatic carbocycles. The molecule has 4 heterocycles. The molecule has 36 heavy (non-hydrogen) atoms. The van der Waals surface area contributed by atoms with E-state index in [-0.39, 0.29) is 17.3 Å². The normalized spacial score (nSPS) is 14.6. The first kappa shape index (κ1) is 25.1. The van der Waals surface area contributed by atoms with Crippen LogP contribution in [0, 0.1) is 17.6 Å². The zero-order valence-corrected chi connectivity index (χ0v) is 18.7. The summed E-state index contributed by atoms with van der Waals surface area (Å²) in [5.41, 5.74) is 7.84.